The molecule has 7 atom stereocenters. The van der Waals surface area contributed by atoms with E-state index in [9.17, 15) is 4.79 Å². The van der Waals surface area contributed by atoms with E-state index in [4.69, 9.17) is 5.73 Å². The highest BCUT2D eigenvalue weighted by Crippen LogP contribution is 2.68. The van der Waals surface area contributed by atoms with Crippen LogP contribution < -0.4 is 5.73 Å². The van der Waals surface area contributed by atoms with E-state index in [2.05, 4.69) is 44.7 Å². The molecule has 3 heteroatoms. The van der Waals surface area contributed by atoms with Gasteiger partial charge in [-0.2, -0.15) is 11.8 Å². The standard InChI is InChI=1S/C27H43NOS/c1-5-6-19-9-11-27(4)24-10-12-26(3)22(18(2)29)7-8-23(26)21(24)16-20(25(27)15-19)17-30-14-13-28/h6,15,20-24H,5,7-14,16-17,28H2,1-4H3/b19-6+. The van der Waals surface area contributed by atoms with Crippen LogP contribution in [0.4, 0.5) is 0 Å². The van der Waals surface area contributed by atoms with Gasteiger partial charge in [-0.1, -0.05) is 44.1 Å². The molecule has 0 aromatic carbocycles. The summed E-state index contributed by atoms with van der Waals surface area (Å²) in [5.74, 6) is 6.10. The summed E-state index contributed by atoms with van der Waals surface area (Å²) >= 11 is 2.06. The quantitative estimate of drug-likeness (QED) is 0.496. The summed E-state index contributed by atoms with van der Waals surface area (Å²) in [5.41, 5.74) is 9.78. The van der Waals surface area contributed by atoms with E-state index in [0.29, 0.717) is 23.0 Å². The number of hydrogen-bond acceptors (Lipinski definition) is 3. The fourth-order valence-corrected chi connectivity index (χ4v) is 9.32. The SMILES string of the molecule is CC/C=C1/C=C2C(CSCCN)CC3C(CCC4(C)C(C(C)=O)CCC34)C2(C)CC1. The van der Waals surface area contributed by atoms with Crippen LogP contribution >= 0.6 is 11.8 Å². The van der Waals surface area contributed by atoms with Gasteiger partial charge < -0.3 is 5.73 Å². The predicted octanol–water partition coefficient (Wildman–Crippen LogP) is 6.41. The first-order chi connectivity index (χ1) is 14.3. The lowest BCUT2D eigenvalue weighted by Crippen LogP contribution is -2.53. The molecule has 0 saturated heterocycles. The lowest BCUT2D eigenvalue weighted by molar-refractivity contribution is -0.128. The third-order valence-corrected chi connectivity index (χ3v) is 10.9. The minimum Gasteiger partial charge on any atom is -0.330 e. The van der Waals surface area contributed by atoms with Crippen molar-refractivity contribution in [2.45, 2.75) is 79.1 Å². The molecular formula is C27H43NOS. The summed E-state index contributed by atoms with van der Waals surface area (Å²) in [6, 6.07) is 0. The molecule has 0 heterocycles. The van der Waals surface area contributed by atoms with E-state index >= 15 is 0 Å². The molecule has 0 radical (unpaired) electrons. The van der Waals surface area contributed by atoms with Gasteiger partial charge in [0, 0.05) is 18.2 Å². The molecular weight excluding hydrogens is 386 g/mol. The van der Waals surface area contributed by atoms with E-state index < -0.39 is 0 Å². The van der Waals surface area contributed by atoms with Crippen molar-refractivity contribution in [3.05, 3.63) is 23.3 Å². The first-order valence-corrected chi connectivity index (χ1v) is 13.7. The highest BCUT2D eigenvalue weighted by atomic mass is 32.2. The summed E-state index contributed by atoms with van der Waals surface area (Å²) in [6.07, 6.45) is 15.1. The topological polar surface area (TPSA) is 43.1 Å². The van der Waals surface area contributed by atoms with Gasteiger partial charge >= 0.3 is 0 Å². The number of thioether (sulfide) groups is 1. The normalized spacial score (nSPS) is 44.2. The first kappa shape index (κ1) is 22.6. The van der Waals surface area contributed by atoms with Crippen LogP contribution in [0.2, 0.25) is 0 Å². The van der Waals surface area contributed by atoms with E-state index in [0.717, 1.165) is 42.9 Å². The molecule has 0 aromatic heterocycles. The van der Waals surface area contributed by atoms with Gasteiger partial charge in [0.1, 0.15) is 5.78 Å². The third-order valence-electron chi connectivity index (χ3n) is 9.72. The number of carbonyl (C=O) groups excluding carboxylic acids is 1. The fraction of sp³-hybridized carbons (Fsp3) is 0.815. The molecule has 2 nitrogen and oxygen atoms in total. The molecule has 4 rings (SSSR count). The molecule has 168 valence electrons. The molecule has 30 heavy (non-hydrogen) atoms. The zero-order valence-electron chi connectivity index (χ0n) is 19.7. The van der Waals surface area contributed by atoms with Crippen molar-refractivity contribution in [2.75, 3.05) is 18.1 Å². The van der Waals surface area contributed by atoms with Crippen LogP contribution in [0.1, 0.15) is 79.1 Å². The number of carbonyl (C=O) groups is 1. The minimum absolute atomic E-state index is 0.251. The number of ketones is 1. The van der Waals surface area contributed by atoms with E-state index in [1.54, 1.807) is 11.1 Å². The summed E-state index contributed by atoms with van der Waals surface area (Å²) in [7, 11) is 0. The molecule has 2 N–H and O–H groups in total. The maximum Gasteiger partial charge on any atom is 0.133 e. The lowest BCUT2D eigenvalue weighted by atomic mass is 9.45. The van der Waals surface area contributed by atoms with Crippen LogP contribution in [0.15, 0.2) is 23.3 Å². The second-order valence-corrected chi connectivity index (χ2v) is 12.3. The zero-order valence-corrected chi connectivity index (χ0v) is 20.5. The van der Waals surface area contributed by atoms with E-state index in [1.165, 1.54) is 44.3 Å². The molecule has 0 bridgehead atoms. The number of nitrogens with two attached hydrogens (primary N) is 1. The largest absolute Gasteiger partial charge is 0.330 e. The predicted molar refractivity (Wildman–Crippen MR) is 130 cm³/mol. The van der Waals surface area contributed by atoms with Gasteiger partial charge in [0.05, 0.1) is 0 Å². The summed E-state index contributed by atoms with van der Waals surface area (Å²) in [4.78, 5) is 12.5. The van der Waals surface area contributed by atoms with Crippen molar-refractivity contribution < 1.29 is 4.79 Å². The van der Waals surface area contributed by atoms with Crippen molar-refractivity contribution in [2.24, 2.45) is 46.2 Å². The Morgan fingerprint density at radius 1 is 1.23 bits per heavy atom. The van der Waals surface area contributed by atoms with Crippen molar-refractivity contribution in [1.29, 1.82) is 0 Å². The van der Waals surface area contributed by atoms with Crippen LogP contribution in [-0.2, 0) is 4.79 Å². The van der Waals surface area contributed by atoms with Gasteiger partial charge in [-0.3, -0.25) is 4.79 Å². The maximum absolute atomic E-state index is 12.5. The third kappa shape index (κ3) is 3.66. The van der Waals surface area contributed by atoms with E-state index in [-0.39, 0.29) is 5.41 Å². The number of fused-ring (bicyclic) bond motifs is 5. The second kappa shape index (κ2) is 8.77. The van der Waals surface area contributed by atoms with Crippen molar-refractivity contribution in [1.82, 2.24) is 0 Å². The Balaban J connectivity index is 1.68. The number of Topliss-reactive ketones (excluding diaryl/α,β-unsaturated/α-hetero) is 1. The van der Waals surface area contributed by atoms with Gasteiger partial charge in [-0.15, -0.1) is 0 Å². The number of hydrogen-bond donors (Lipinski definition) is 1. The molecule has 0 spiro atoms. The van der Waals surface area contributed by atoms with Crippen molar-refractivity contribution >= 4 is 17.5 Å². The van der Waals surface area contributed by atoms with Crippen LogP contribution in [0.3, 0.4) is 0 Å². The first-order valence-electron chi connectivity index (χ1n) is 12.5. The maximum atomic E-state index is 12.5. The van der Waals surface area contributed by atoms with Crippen LogP contribution in [0, 0.1) is 40.4 Å². The Bertz CT molecular complexity index is 726. The molecule has 7 unspecified atom stereocenters. The molecule has 0 aromatic rings. The van der Waals surface area contributed by atoms with Crippen LogP contribution in [-0.4, -0.2) is 23.8 Å². The second-order valence-electron chi connectivity index (χ2n) is 11.2. The Hall–Kier alpha value is -0.540. The Morgan fingerprint density at radius 2 is 2.03 bits per heavy atom. The average Bonchev–Trinajstić information content (AvgIpc) is 3.07. The number of allylic oxidation sites excluding steroid dienone is 4. The summed E-state index contributed by atoms with van der Waals surface area (Å²) in [5, 5.41) is 0. The molecule has 3 fully saturated rings. The van der Waals surface area contributed by atoms with Gasteiger partial charge in [0.25, 0.3) is 0 Å². The monoisotopic (exact) mass is 429 g/mol. The summed E-state index contributed by atoms with van der Waals surface area (Å²) in [6.45, 7) is 9.98. The van der Waals surface area contributed by atoms with Crippen molar-refractivity contribution in [3.63, 3.8) is 0 Å². The number of rotatable bonds is 6. The molecule has 0 amide bonds. The van der Waals surface area contributed by atoms with Crippen molar-refractivity contribution in [3.8, 4) is 0 Å². The fourth-order valence-electron chi connectivity index (χ4n) is 8.39. The van der Waals surface area contributed by atoms with Gasteiger partial charge in [-0.05, 0) is 98.5 Å². The smallest absolute Gasteiger partial charge is 0.133 e. The Kier molecular flexibility index (Phi) is 6.62. The average molecular weight is 430 g/mol. The van der Waals surface area contributed by atoms with Crippen LogP contribution in [0.5, 0.6) is 0 Å². The Labute approximate surface area is 188 Å². The molecule has 3 saturated carbocycles. The zero-order chi connectivity index (χ0) is 21.5. The Morgan fingerprint density at radius 3 is 2.73 bits per heavy atom. The lowest BCUT2D eigenvalue weighted by Gasteiger charge is -2.60. The highest BCUT2D eigenvalue weighted by Gasteiger charge is 2.60. The minimum atomic E-state index is 0.251. The molecule has 4 aliphatic rings. The van der Waals surface area contributed by atoms with Gasteiger partial charge in [-0.25, -0.2) is 0 Å². The van der Waals surface area contributed by atoms with Crippen LogP contribution in [0.25, 0.3) is 0 Å². The van der Waals surface area contributed by atoms with E-state index in [1.807, 2.05) is 6.92 Å². The molecule has 0 aliphatic heterocycles. The summed E-state index contributed by atoms with van der Waals surface area (Å²) < 4.78 is 0. The molecule has 4 aliphatic carbocycles. The van der Waals surface area contributed by atoms with Gasteiger partial charge in [0.2, 0.25) is 0 Å². The van der Waals surface area contributed by atoms with Gasteiger partial charge in [0.15, 0.2) is 0 Å². The highest BCUT2D eigenvalue weighted by molar-refractivity contribution is 7.99.